The fraction of sp³-hybridized carbons (Fsp3) is 0.721. The molecule has 7 rings (SSSR count). The summed E-state index contributed by atoms with van der Waals surface area (Å²) in [7, 11) is 0. The van der Waals surface area contributed by atoms with Gasteiger partial charge in [0.15, 0.2) is 0 Å². The summed E-state index contributed by atoms with van der Waals surface area (Å²) in [5, 5.41) is 22.3. The second kappa shape index (κ2) is 12.4. The molecular weight excluding hydrogens is 676 g/mol. The summed E-state index contributed by atoms with van der Waals surface area (Å²) in [5.41, 5.74) is 3.70. The van der Waals surface area contributed by atoms with Gasteiger partial charge < -0.3 is 9.84 Å². The first-order chi connectivity index (χ1) is 23.8. The molecule has 2 aromatic rings. The van der Waals surface area contributed by atoms with E-state index < -0.39 is 11.4 Å². The predicted molar refractivity (Wildman–Crippen MR) is 205 cm³/mol. The number of ether oxygens (including phenoxy) is 1. The van der Waals surface area contributed by atoms with E-state index >= 15 is 0 Å². The number of allylic oxidation sites excluding steroid dienone is 2. The number of benzene rings is 1. The van der Waals surface area contributed by atoms with Crippen LogP contribution in [0.25, 0.3) is 10.6 Å². The highest BCUT2D eigenvalue weighted by molar-refractivity contribution is 7.14. The Morgan fingerprint density at radius 2 is 1.63 bits per heavy atom. The SMILES string of the molecule is CC(C)C1=C2C3CC[C@@H]4[C@@]5(C)CC[C@H](OC(=O)CC(C)(C)C(=O)O)C(C)(C)[C@@H]5CC[C@@]4(C)[C@]3(C)CC[C@@]2(c2nnc(-c3ccc(Cl)cc3)s2)CC1. The molecule has 0 amide bonds. The lowest BCUT2D eigenvalue weighted by atomic mass is 9.33. The molecule has 1 aromatic heterocycles. The third-order valence-electron chi connectivity index (χ3n) is 16.0. The van der Waals surface area contributed by atoms with E-state index in [9.17, 15) is 14.7 Å². The molecule has 4 fully saturated rings. The zero-order valence-corrected chi connectivity index (χ0v) is 33.9. The molecular formula is C43H59ClN2O4S. The number of hydrogen-bond donors (Lipinski definition) is 1. The molecule has 0 spiro atoms. The lowest BCUT2D eigenvalue weighted by molar-refractivity contribution is -0.232. The van der Waals surface area contributed by atoms with Gasteiger partial charge in [0, 0.05) is 21.4 Å². The van der Waals surface area contributed by atoms with Gasteiger partial charge in [0.2, 0.25) is 0 Å². The Bertz CT molecular complexity index is 1750. The fourth-order valence-electron chi connectivity index (χ4n) is 12.9. The third kappa shape index (κ3) is 5.50. The Morgan fingerprint density at radius 3 is 2.29 bits per heavy atom. The average molecular weight is 735 g/mol. The Balaban J connectivity index is 1.18. The maximum Gasteiger partial charge on any atom is 0.309 e. The summed E-state index contributed by atoms with van der Waals surface area (Å²) in [5.74, 6) is 0.747. The standard InChI is InChI=1S/C43H59ClN2O4S/c1-25(2)28-16-21-43(36-46-45-35(51-36)26-10-12-27(44)13-11-26)23-22-41(8)29(34(28)43)14-15-31-40(7)19-18-32(50-33(47)24-38(3,4)37(48)49)39(5,6)30(40)17-20-42(31,41)9/h10-13,25,29-32H,14-24H2,1-9H3,(H,48,49)/t29?,30-,31+,32-,40-,41+,42+,43-/m0/s1. The number of carbonyl (C=O) groups is 2. The number of rotatable bonds is 7. The monoisotopic (exact) mass is 734 g/mol. The number of esters is 1. The summed E-state index contributed by atoms with van der Waals surface area (Å²) in [6, 6.07) is 8.01. The predicted octanol–water partition coefficient (Wildman–Crippen LogP) is 11.3. The number of carboxylic acids is 1. The quantitative estimate of drug-likeness (QED) is 0.225. The van der Waals surface area contributed by atoms with Crippen molar-refractivity contribution in [2.24, 2.45) is 50.7 Å². The first kappa shape index (κ1) is 37.1. The topological polar surface area (TPSA) is 89.4 Å². The Morgan fingerprint density at radius 1 is 0.922 bits per heavy atom. The van der Waals surface area contributed by atoms with Crippen LogP contribution in [0.4, 0.5) is 0 Å². The highest BCUT2D eigenvalue weighted by Crippen LogP contribution is 2.77. The molecule has 0 saturated heterocycles. The summed E-state index contributed by atoms with van der Waals surface area (Å²) in [6.07, 6.45) is 11.0. The van der Waals surface area contributed by atoms with E-state index in [0.29, 0.717) is 23.7 Å². The summed E-state index contributed by atoms with van der Waals surface area (Å²) >= 11 is 8.02. The largest absolute Gasteiger partial charge is 0.481 e. The number of fused-ring (bicyclic) bond motifs is 7. The van der Waals surface area contributed by atoms with Gasteiger partial charge in [0.25, 0.3) is 0 Å². The van der Waals surface area contributed by atoms with Crippen LogP contribution in [-0.4, -0.2) is 33.3 Å². The minimum absolute atomic E-state index is 0.0183. The number of halogens is 1. The first-order valence-corrected chi connectivity index (χ1v) is 20.8. The van der Waals surface area contributed by atoms with E-state index in [1.807, 2.05) is 12.1 Å². The third-order valence-corrected chi connectivity index (χ3v) is 17.4. The molecule has 5 aliphatic carbocycles. The number of hydrogen-bond acceptors (Lipinski definition) is 6. The van der Waals surface area contributed by atoms with Crippen molar-refractivity contribution in [3.63, 3.8) is 0 Å². The smallest absolute Gasteiger partial charge is 0.309 e. The van der Waals surface area contributed by atoms with E-state index in [1.54, 1.807) is 36.3 Å². The molecule has 8 heteroatoms. The van der Waals surface area contributed by atoms with Crippen LogP contribution in [-0.2, 0) is 19.7 Å². The molecule has 5 aliphatic rings. The Kier molecular flexibility index (Phi) is 9.01. The molecule has 1 unspecified atom stereocenters. The van der Waals surface area contributed by atoms with E-state index in [1.165, 1.54) is 30.7 Å². The molecule has 8 atom stereocenters. The number of aliphatic carboxylic acids is 1. The van der Waals surface area contributed by atoms with Crippen LogP contribution >= 0.6 is 22.9 Å². The lowest BCUT2D eigenvalue weighted by Crippen LogP contribution is -2.66. The van der Waals surface area contributed by atoms with Crippen LogP contribution in [0.2, 0.25) is 5.02 Å². The van der Waals surface area contributed by atoms with Gasteiger partial charge in [0.05, 0.1) is 11.8 Å². The fourth-order valence-corrected chi connectivity index (χ4v) is 14.2. The summed E-state index contributed by atoms with van der Waals surface area (Å²) < 4.78 is 6.20. The number of carboxylic acid groups (broad SMARTS) is 1. The molecule has 51 heavy (non-hydrogen) atoms. The zero-order chi connectivity index (χ0) is 36.9. The maximum atomic E-state index is 13.1. The molecule has 0 aliphatic heterocycles. The molecule has 0 bridgehead atoms. The minimum Gasteiger partial charge on any atom is -0.481 e. The minimum atomic E-state index is -1.14. The highest BCUT2D eigenvalue weighted by Gasteiger charge is 2.70. The normalized spacial score (nSPS) is 37.3. The van der Waals surface area contributed by atoms with Crippen molar-refractivity contribution in [3.8, 4) is 10.6 Å². The molecule has 1 aromatic carbocycles. The van der Waals surface area contributed by atoms with Crippen LogP contribution in [0.5, 0.6) is 0 Å². The van der Waals surface area contributed by atoms with Crippen LogP contribution in [0, 0.1) is 50.7 Å². The zero-order valence-electron chi connectivity index (χ0n) is 32.3. The number of nitrogens with zero attached hydrogens (tertiary/aromatic N) is 2. The van der Waals surface area contributed by atoms with Gasteiger partial charge in [-0.05, 0) is 130 Å². The van der Waals surface area contributed by atoms with Crippen LogP contribution in [0.3, 0.4) is 0 Å². The Hall–Kier alpha value is -2.25. The van der Waals surface area contributed by atoms with Gasteiger partial charge in [-0.1, -0.05) is 94.7 Å². The van der Waals surface area contributed by atoms with Gasteiger partial charge in [-0.15, -0.1) is 10.2 Å². The lowest BCUT2D eigenvalue weighted by Gasteiger charge is -2.72. The summed E-state index contributed by atoms with van der Waals surface area (Å²) in [4.78, 5) is 24.9. The van der Waals surface area contributed by atoms with E-state index in [-0.39, 0.29) is 45.6 Å². The van der Waals surface area contributed by atoms with Crippen molar-refractivity contribution in [2.75, 3.05) is 0 Å². The number of carbonyl (C=O) groups excluding carboxylic acids is 1. The van der Waals surface area contributed by atoms with Gasteiger partial charge >= 0.3 is 11.9 Å². The van der Waals surface area contributed by atoms with Gasteiger partial charge in [-0.2, -0.15) is 0 Å². The molecule has 4 saturated carbocycles. The molecule has 0 radical (unpaired) electrons. The van der Waals surface area contributed by atoms with Crippen LogP contribution in [0.15, 0.2) is 35.4 Å². The summed E-state index contributed by atoms with van der Waals surface area (Å²) in [6.45, 7) is 20.6. The second-order valence-electron chi connectivity index (χ2n) is 19.4. The van der Waals surface area contributed by atoms with E-state index in [2.05, 4.69) is 60.6 Å². The van der Waals surface area contributed by atoms with Crippen molar-refractivity contribution in [2.45, 2.75) is 144 Å². The van der Waals surface area contributed by atoms with Crippen molar-refractivity contribution in [1.82, 2.24) is 10.2 Å². The average Bonchev–Trinajstić information content (AvgIpc) is 3.70. The van der Waals surface area contributed by atoms with Gasteiger partial charge in [0.1, 0.15) is 16.1 Å². The van der Waals surface area contributed by atoms with E-state index in [0.717, 1.165) is 54.1 Å². The molecule has 1 N–H and O–H groups in total. The first-order valence-electron chi connectivity index (χ1n) is 19.6. The van der Waals surface area contributed by atoms with Crippen LogP contribution < -0.4 is 0 Å². The Labute approximate surface area is 314 Å². The van der Waals surface area contributed by atoms with Crippen molar-refractivity contribution in [3.05, 3.63) is 45.4 Å². The van der Waals surface area contributed by atoms with Gasteiger partial charge in [-0.25, -0.2) is 0 Å². The van der Waals surface area contributed by atoms with E-state index in [4.69, 9.17) is 26.5 Å². The van der Waals surface area contributed by atoms with Crippen molar-refractivity contribution < 1.29 is 19.4 Å². The second-order valence-corrected chi connectivity index (χ2v) is 20.8. The molecule has 6 nitrogen and oxygen atoms in total. The van der Waals surface area contributed by atoms with Gasteiger partial charge in [-0.3, -0.25) is 9.59 Å². The van der Waals surface area contributed by atoms with Crippen molar-refractivity contribution in [1.29, 1.82) is 0 Å². The molecule has 1 heterocycles. The van der Waals surface area contributed by atoms with Crippen LogP contribution in [0.1, 0.15) is 138 Å². The molecule has 278 valence electrons. The highest BCUT2D eigenvalue weighted by atomic mass is 35.5. The van der Waals surface area contributed by atoms with Crippen molar-refractivity contribution >= 4 is 34.9 Å². The maximum absolute atomic E-state index is 13.1. The number of aromatic nitrogens is 2.